The molecule has 0 amide bonds. The van der Waals surface area contributed by atoms with Crippen LogP contribution in [-0.4, -0.2) is 154 Å². The minimum Gasteiger partial charge on any atom is -0.463 e. The Morgan fingerprint density at radius 2 is 1.09 bits per heavy atom. The SMILES string of the molecule is C=C(C)C(=O)OC1C2CC3C(=O)OC1C3C2.C=C(C)C(=O)OC1C2CC3C1OC(=O)C3(C#N)C2.C=C(C)C(=O)OC1CCOC1=O.C=C(C)C(=O)OCC(=O)OC1C2CC3C1OS(=O)(=O)C3C2.C=C(C)C(=O)OCC(=O)OC1C2CC3CC(C2)C(=O)OC1C3. The molecule has 482 valence electrons. The van der Waals surface area contributed by atoms with E-state index in [0.717, 1.165) is 44.9 Å². The van der Waals surface area contributed by atoms with Gasteiger partial charge in [0.1, 0.15) is 48.8 Å². The smallest absolute Gasteiger partial charge is 0.347 e. The Balaban J connectivity index is 0.000000134. The van der Waals surface area contributed by atoms with Gasteiger partial charge in [-0.25, -0.2) is 38.4 Å². The zero-order valence-corrected chi connectivity index (χ0v) is 50.9. The van der Waals surface area contributed by atoms with Gasteiger partial charge in [-0.15, -0.1) is 0 Å². The normalized spacial score (nSPS) is 37.3. The van der Waals surface area contributed by atoms with Crippen molar-refractivity contribution in [1.29, 1.82) is 5.26 Å². The molecule has 0 aromatic rings. The zero-order chi connectivity index (χ0) is 64.9. The van der Waals surface area contributed by atoms with Crippen LogP contribution in [-0.2, 0) is 119 Å². The molecule has 27 heteroatoms. The molecule has 0 spiro atoms. The van der Waals surface area contributed by atoms with Gasteiger partial charge >= 0.3 is 65.7 Å². The molecule has 21 atom stereocenters. The van der Waals surface area contributed by atoms with Gasteiger partial charge in [0.25, 0.3) is 10.1 Å². The summed E-state index contributed by atoms with van der Waals surface area (Å²) in [6.07, 6.45) is 3.91. The number of carbonyl (C=O) groups excluding carboxylic acids is 11. The Labute approximate surface area is 513 Å². The molecule has 6 heterocycles. The lowest BCUT2D eigenvalue weighted by Crippen LogP contribution is -2.45. The number of nitrogens with zero attached hydrogens (tertiary/aromatic N) is 1. The molecular formula is C62H73NO25S. The lowest BCUT2D eigenvalue weighted by molar-refractivity contribution is -0.177. The predicted molar refractivity (Wildman–Crippen MR) is 297 cm³/mol. The first-order valence-electron chi connectivity index (χ1n) is 29.7. The van der Waals surface area contributed by atoms with Crippen LogP contribution in [0.2, 0.25) is 0 Å². The summed E-state index contributed by atoms with van der Waals surface area (Å²) >= 11 is 0. The van der Waals surface area contributed by atoms with Crippen molar-refractivity contribution in [3.63, 3.8) is 0 Å². The number of nitriles is 1. The van der Waals surface area contributed by atoms with Gasteiger partial charge in [-0.3, -0.25) is 18.6 Å². The van der Waals surface area contributed by atoms with Gasteiger partial charge in [0.05, 0.1) is 29.8 Å². The number of rotatable bonds is 14. The van der Waals surface area contributed by atoms with Crippen molar-refractivity contribution < 1.29 is 117 Å². The minimum atomic E-state index is -3.53. The van der Waals surface area contributed by atoms with E-state index in [4.69, 9.17) is 51.6 Å². The molecule has 26 nitrogen and oxygen atoms in total. The maximum Gasteiger partial charge on any atom is 0.347 e. The van der Waals surface area contributed by atoms with E-state index in [-0.39, 0.29) is 100 Å². The molecule has 21 unspecified atom stereocenters. The summed E-state index contributed by atoms with van der Waals surface area (Å²) in [5.41, 5.74) is 0.442. The molecule has 14 aliphatic rings. The molecule has 8 aliphatic carbocycles. The second-order valence-electron chi connectivity index (χ2n) is 25.4. The average Bonchev–Trinajstić information content (AvgIpc) is 1.58. The van der Waals surface area contributed by atoms with Crippen molar-refractivity contribution in [1.82, 2.24) is 0 Å². The number of ether oxygens (including phenoxy) is 11. The monoisotopic (exact) mass is 1260 g/mol. The maximum absolute atomic E-state index is 11.9. The highest BCUT2D eigenvalue weighted by atomic mass is 32.2. The third-order valence-corrected chi connectivity index (χ3v) is 20.7. The molecule has 6 aliphatic heterocycles. The molecule has 6 saturated heterocycles. The summed E-state index contributed by atoms with van der Waals surface area (Å²) in [6, 6.07) is 2.11. The molecule has 0 aromatic heterocycles. The van der Waals surface area contributed by atoms with Crippen molar-refractivity contribution in [2.45, 2.75) is 165 Å². The molecule has 0 aromatic carbocycles. The Kier molecular flexibility index (Phi) is 19.2. The summed E-state index contributed by atoms with van der Waals surface area (Å²) < 4.78 is 84.9. The van der Waals surface area contributed by atoms with E-state index < -0.39 is 118 Å². The topological polar surface area (TPSA) is 356 Å². The van der Waals surface area contributed by atoms with Crippen molar-refractivity contribution in [2.75, 3.05) is 19.8 Å². The number of hydrogen-bond donors (Lipinski definition) is 0. The maximum atomic E-state index is 11.9. The number of carbonyl (C=O) groups is 11. The van der Waals surface area contributed by atoms with Crippen LogP contribution in [0, 0.1) is 75.9 Å². The summed E-state index contributed by atoms with van der Waals surface area (Å²) in [5.74, 6) is -4.09. The van der Waals surface area contributed by atoms with Crippen molar-refractivity contribution in [3.8, 4) is 6.07 Å². The van der Waals surface area contributed by atoms with Crippen LogP contribution in [0.5, 0.6) is 0 Å². The van der Waals surface area contributed by atoms with E-state index in [2.05, 4.69) is 43.7 Å². The molecule has 0 radical (unpaired) electrons. The quantitative estimate of drug-likeness (QED) is 0.103. The molecule has 10 bridgehead atoms. The van der Waals surface area contributed by atoms with E-state index in [1.54, 1.807) is 13.8 Å². The summed E-state index contributed by atoms with van der Waals surface area (Å²) in [4.78, 5) is 126. The number of hydrogen-bond acceptors (Lipinski definition) is 26. The highest BCUT2D eigenvalue weighted by Gasteiger charge is 2.72. The fourth-order valence-electron chi connectivity index (χ4n) is 15.0. The highest BCUT2D eigenvalue weighted by Crippen LogP contribution is 2.62. The van der Waals surface area contributed by atoms with Crippen LogP contribution < -0.4 is 0 Å². The summed E-state index contributed by atoms with van der Waals surface area (Å²) in [7, 11) is -3.53. The van der Waals surface area contributed by atoms with Crippen LogP contribution >= 0.6 is 0 Å². The van der Waals surface area contributed by atoms with E-state index in [9.17, 15) is 66.4 Å². The Morgan fingerprint density at radius 1 is 0.551 bits per heavy atom. The second-order valence-corrected chi connectivity index (χ2v) is 27.2. The van der Waals surface area contributed by atoms with Gasteiger partial charge in [-0.2, -0.15) is 13.7 Å². The van der Waals surface area contributed by atoms with Crippen molar-refractivity contribution in [2.24, 2.45) is 64.6 Å². The van der Waals surface area contributed by atoms with Crippen molar-refractivity contribution >= 4 is 75.8 Å². The zero-order valence-electron chi connectivity index (χ0n) is 50.0. The lowest BCUT2D eigenvalue weighted by Gasteiger charge is -2.41. The van der Waals surface area contributed by atoms with Crippen LogP contribution in [0.15, 0.2) is 60.8 Å². The fourth-order valence-corrected chi connectivity index (χ4v) is 16.8. The molecule has 14 fully saturated rings. The molecule has 14 rings (SSSR count). The molecular weight excluding hydrogens is 1190 g/mol. The van der Waals surface area contributed by atoms with Gasteiger partial charge in [-0.05, 0) is 105 Å². The molecule has 8 saturated carbocycles. The van der Waals surface area contributed by atoms with E-state index in [1.807, 2.05) is 0 Å². The molecule has 0 N–H and O–H groups in total. The van der Waals surface area contributed by atoms with Gasteiger partial charge in [0.2, 0.25) is 6.10 Å². The van der Waals surface area contributed by atoms with Gasteiger partial charge in [0, 0.05) is 75.7 Å². The first-order chi connectivity index (χ1) is 41.9. The third-order valence-electron chi connectivity index (χ3n) is 19.0. The standard InChI is InChI=1S/C16H20O6.C13H13NO4.C13H16O7S.C12H14O4.C8H10O4/c1-8(2)15(18)20-7-13(17)22-14-10-3-9-4-11(6-10)16(19)21-12(14)5-9;1-6(2)11(15)17-9-7-3-8-10(9)18-12(16)13(8,4-7)5-14;1-6(2)13(15)18-5-10(14)19-11-7-3-8-9(4-7)21(16,17)20-12(8)11;1-5(2)11(13)15-9-6-3-7-8(4-6)12(14)16-10(7)9;1-5(2)7(9)12-6-3-4-11-8(6)10/h9-12,14H,1,3-7H2,2H3;7-10H,1,3-4H2,2H3;7-9,11-12H,1,3-5H2,2H3;6-10H,1,3-4H2,2H3;6H,1,3-4H2,2H3. The summed E-state index contributed by atoms with van der Waals surface area (Å²) in [6.45, 7) is 24.4. The van der Waals surface area contributed by atoms with Crippen LogP contribution in [0.3, 0.4) is 0 Å². The van der Waals surface area contributed by atoms with E-state index in [1.165, 1.54) is 20.8 Å². The lowest BCUT2D eigenvalue weighted by atomic mass is 9.67. The fraction of sp³-hybridized carbons (Fsp3) is 0.645. The van der Waals surface area contributed by atoms with E-state index in [0.29, 0.717) is 55.3 Å². The van der Waals surface area contributed by atoms with Crippen LogP contribution in [0.1, 0.15) is 105 Å². The summed E-state index contributed by atoms with van der Waals surface area (Å²) in [5, 5.41) is 8.76. The highest BCUT2D eigenvalue weighted by molar-refractivity contribution is 7.87. The minimum absolute atomic E-state index is 0.00284. The Bertz CT molecular complexity index is 3210. The largest absolute Gasteiger partial charge is 0.463 e. The first kappa shape index (κ1) is 65.7. The number of esters is 11. The van der Waals surface area contributed by atoms with Gasteiger partial charge in [0.15, 0.2) is 18.6 Å². The molecule has 89 heavy (non-hydrogen) atoms. The predicted octanol–water partition coefficient (Wildman–Crippen LogP) is 3.96. The number of cyclic esters (lactones) is 1. The van der Waals surface area contributed by atoms with Crippen LogP contribution in [0.25, 0.3) is 0 Å². The first-order valence-corrected chi connectivity index (χ1v) is 31.1. The van der Waals surface area contributed by atoms with Crippen molar-refractivity contribution in [3.05, 3.63) is 60.8 Å². The van der Waals surface area contributed by atoms with Gasteiger partial charge in [-0.1, -0.05) is 32.9 Å². The third kappa shape index (κ3) is 13.4. The van der Waals surface area contributed by atoms with Crippen LogP contribution in [0.4, 0.5) is 0 Å². The van der Waals surface area contributed by atoms with Gasteiger partial charge < -0.3 is 52.1 Å². The average molecular weight is 1260 g/mol. The van der Waals surface area contributed by atoms with E-state index >= 15 is 0 Å². The Hall–Kier alpha value is -7.73. The second kappa shape index (κ2) is 26.0. The number of fused-ring (bicyclic) bond motifs is 4. The Morgan fingerprint density at radius 3 is 1.66 bits per heavy atom.